The Hall–Kier alpha value is -2.87. The highest BCUT2D eigenvalue weighted by atomic mass is 35.5. The number of amides is 1. The van der Waals surface area contributed by atoms with E-state index >= 15 is 0 Å². The highest BCUT2D eigenvalue weighted by molar-refractivity contribution is 6.32. The van der Waals surface area contributed by atoms with Crippen molar-refractivity contribution in [3.63, 3.8) is 0 Å². The molecule has 3 rings (SSSR count). The zero-order chi connectivity index (χ0) is 20.1. The third kappa shape index (κ3) is 5.56. The lowest BCUT2D eigenvalue weighted by Crippen LogP contribution is -2.17. The molecule has 0 radical (unpaired) electrons. The summed E-state index contributed by atoms with van der Waals surface area (Å²) in [5, 5.41) is 2.91. The Morgan fingerprint density at radius 2 is 1.86 bits per heavy atom. The Morgan fingerprint density at radius 1 is 1.14 bits per heavy atom. The molecule has 1 heterocycles. The van der Waals surface area contributed by atoms with Crippen molar-refractivity contribution in [3.05, 3.63) is 53.1 Å². The van der Waals surface area contributed by atoms with Crippen LogP contribution in [-0.4, -0.2) is 25.5 Å². The van der Waals surface area contributed by atoms with E-state index in [2.05, 4.69) is 10.1 Å². The van der Waals surface area contributed by atoms with Crippen LogP contribution in [-0.2, 0) is 4.79 Å². The standard InChI is InChI=1S/C19H15ClF3NO4/c20-15-10-12(11-16-18(15)27-9-1-8-26-16)2-7-17(25)24-13-3-5-14(6-4-13)28-19(21,22)23/h2-7,10-11H,1,8-9H2,(H,24,25)/b7-2+. The summed E-state index contributed by atoms with van der Waals surface area (Å²) in [5.41, 5.74) is 0.958. The first-order valence-corrected chi connectivity index (χ1v) is 8.62. The maximum atomic E-state index is 12.1. The lowest BCUT2D eigenvalue weighted by molar-refractivity contribution is -0.274. The normalized spacial score (nSPS) is 13.9. The van der Waals surface area contributed by atoms with E-state index in [-0.39, 0.29) is 5.75 Å². The van der Waals surface area contributed by atoms with Crippen LogP contribution in [0.5, 0.6) is 17.2 Å². The summed E-state index contributed by atoms with van der Waals surface area (Å²) in [6, 6.07) is 8.17. The predicted octanol–water partition coefficient (Wildman–Crippen LogP) is 5.05. The van der Waals surface area contributed by atoms with Crippen molar-refractivity contribution in [2.24, 2.45) is 0 Å². The maximum absolute atomic E-state index is 12.1. The molecule has 0 saturated heterocycles. The van der Waals surface area contributed by atoms with Gasteiger partial charge in [0.1, 0.15) is 5.75 Å². The first kappa shape index (κ1) is 19.9. The van der Waals surface area contributed by atoms with E-state index in [1.54, 1.807) is 12.1 Å². The molecule has 0 unspecified atom stereocenters. The zero-order valence-corrected chi connectivity index (χ0v) is 15.1. The molecule has 0 aromatic heterocycles. The fraction of sp³-hybridized carbons (Fsp3) is 0.211. The fourth-order valence-electron chi connectivity index (χ4n) is 2.44. The molecule has 1 aliphatic heterocycles. The zero-order valence-electron chi connectivity index (χ0n) is 14.4. The van der Waals surface area contributed by atoms with Crippen LogP contribution < -0.4 is 19.5 Å². The molecule has 0 fully saturated rings. The molecule has 1 amide bonds. The number of rotatable bonds is 4. The molecule has 148 valence electrons. The van der Waals surface area contributed by atoms with Gasteiger partial charge in [0.25, 0.3) is 0 Å². The van der Waals surface area contributed by atoms with Gasteiger partial charge in [-0.25, -0.2) is 0 Å². The van der Waals surface area contributed by atoms with E-state index in [1.807, 2.05) is 0 Å². The van der Waals surface area contributed by atoms with E-state index in [4.69, 9.17) is 21.1 Å². The molecule has 5 nitrogen and oxygen atoms in total. The first-order chi connectivity index (χ1) is 13.3. The van der Waals surface area contributed by atoms with Gasteiger partial charge in [-0.15, -0.1) is 13.2 Å². The monoisotopic (exact) mass is 413 g/mol. The maximum Gasteiger partial charge on any atom is 0.573 e. The van der Waals surface area contributed by atoms with E-state index in [9.17, 15) is 18.0 Å². The molecule has 0 atom stereocenters. The van der Waals surface area contributed by atoms with Crippen molar-refractivity contribution in [3.8, 4) is 17.2 Å². The minimum absolute atomic E-state index is 0.320. The van der Waals surface area contributed by atoms with Crippen molar-refractivity contribution in [1.82, 2.24) is 0 Å². The van der Waals surface area contributed by atoms with Gasteiger partial charge >= 0.3 is 6.36 Å². The second-order valence-electron chi connectivity index (χ2n) is 5.78. The largest absolute Gasteiger partial charge is 0.573 e. The van der Waals surface area contributed by atoms with E-state index in [1.165, 1.54) is 24.3 Å². The van der Waals surface area contributed by atoms with Crippen LogP contribution in [0.3, 0.4) is 0 Å². The van der Waals surface area contributed by atoms with Gasteiger partial charge in [0, 0.05) is 18.2 Å². The van der Waals surface area contributed by atoms with Gasteiger partial charge < -0.3 is 19.5 Å². The van der Waals surface area contributed by atoms with Gasteiger partial charge in [0.15, 0.2) is 11.5 Å². The molecule has 0 saturated carbocycles. The number of benzene rings is 2. The molecule has 1 aliphatic rings. The minimum Gasteiger partial charge on any atom is -0.489 e. The Labute approximate surface area is 163 Å². The SMILES string of the molecule is O=C(/C=C/c1cc(Cl)c2c(c1)OCCCO2)Nc1ccc(OC(F)(F)F)cc1. The molecule has 9 heteroatoms. The molecule has 2 aromatic carbocycles. The second kappa shape index (κ2) is 8.43. The van der Waals surface area contributed by atoms with Crippen LogP contribution in [0.15, 0.2) is 42.5 Å². The number of fused-ring (bicyclic) bond motifs is 1. The van der Waals surface area contributed by atoms with Crippen LogP contribution in [0, 0.1) is 0 Å². The summed E-state index contributed by atoms with van der Waals surface area (Å²) in [6.07, 6.45) is -1.21. The molecule has 0 bridgehead atoms. The highest BCUT2D eigenvalue weighted by Crippen LogP contribution is 2.38. The van der Waals surface area contributed by atoms with Gasteiger partial charge in [-0.1, -0.05) is 11.6 Å². The summed E-state index contributed by atoms with van der Waals surface area (Å²) in [7, 11) is 0. The number of carbonyl (C=O) groups excluding carboxylic acids is 1. The minimum atomic E-state index is -4.77. The van der Waals surface area contributed by atoms with Crippen molar-refractivity contribution in [2.45, 2.75) is 12.8 Å². The van der Waals surface area contributed by atoms with Crippen LogP contribution in [0.4, 0.5) is 18.9 Å². The van der Waals surface area contributed by atoms with Gasteiger partial charge in [-0.3, -0.25) is 4.79 Å². The number of carbonyl (C=O) groups is 1. The Morgan fingerprint density at radius 3 is 2.57 bits per heavy atom. The lowest BCUT2D eigenvalue weighted by atomic mass is 10.2. The van der Waals surface area contributed by atoms with Crippen LogP contribution in [0.2, 0.25) is 5.02 Å². The van der Waals surface area contributed by atoms with E-state index in [0.717, 1.165) is 18.6 Å². The van der Waals surface area contributed by atoms with E-state index in [0.29, 0.717) is 41.0 Å². The second-order valence-corrected chi connectivity index (χ2v) is 6.18. The molecule has 1 N–H and O–H groups in total. The highest BCUT2D eigenvalue weighted by Gasteiger charge is 2.30. The smallest absolute Gasteiger partial charge is 0.489 e. The summed E-state index contributed by atoms with van der Waals surface area (Å²) in [5.74, 6) is 0.142. The Balaban J connectivity index is 1.64. The molecule has 28 heavy (non-hydrogen) atoms. The Bertz CT molecular complexity index is 882. The van der Waals surface area contributed by atoms with Crippen molar-refractivity contribution >= 4 is 29.3 Å². The topological polar surface area (TPSA) is 56.8 Å². The molecular weight excluding hydrogens is 399 g/mol. The fourth-order valence-corrected chi connectivity index (χ4v) is 2.72. The molecule has 2 aromatic rings. The summed E-state index contributed by atoms with van der Waals surface area (Å²) in [4.78, 5) is 12.0. The summed E-state index contributed by atoms with van der Waals surface area (Å²) in [6.45, 7) is 1.02. The van der Waals surface area contributed by atoms with Crippen LogP contribution >= 0.6 is 11.6 Å². The van der Waals surface area contributed by atoms with E-state index < -0.39 is 12.3 Å². The Kier molecular flexibility index (Phi) is 5.99. The average Bonchev–Trinajstić information content (AvgIpc) is 2.86. The molecule has 0 aliphatic carbocycles. The predicted molar refractivity (Wildman–Crippen MR) is 97.8 cm³/mol. The average molecular weight is 414 g/mol. The number of halogens is 4. The van der Waals surface area contributed by atoms with Crippen molar-refractivity contribution in [2.75, 3.05) is 18.5 Å². The van der Waals surface area contributed by atoms with Crippen LogP contribution in [0.1, 0.15) is 12.0 Å². The summed E-state index contributed by atoms with van der Waals surface area (Å²) < 4.78 is 51.3. The third-order valence-electron chi connectivity index (χ3n) is 3.61. The van der Waals surface area contributed by atoms with Gasteiger partial charge in [-0.05, 0) is 48.0 Å². The first-order valence-electron chi connectivity index (χ1n) is 8.24. The number of hydrogen-bond acceptors (Lipinski definition) is 4. The quantitative estimate of drug-likeness (QED) is 0.712. The number of ether oxygens (including phenoxy) is 3. The van der Waals surface area contributed by atoms with Gasteiger partial charge in [0.05, 0.1) is 18.2 Å². The van der Waals surface area contributed by atoms with Crippen LogP contribution in [0.25, 0.3) is 6.08 Å². The summed E-state index contributed by atoms with van der Waals surface area (Å²) >= 11 is 6.19. The molecule has 0 spiro atoms. The lowest BCUT2D eigenvalue weighted by Gasteiger charge is -2.10. The van der Waals surface area contributed by atoms with Gasteiger partial charge in [0.2, 0.25) is 5.91 Å². The number of nitrogens with one attached hydrogen (secondary N) is 1. The number of alkyl halides is 3. The van der Waals surface area contributed by atoms with Crippen molar-refractivity contribution in [1.29, 1.82) is 0 Å². The number of anilines is 1. The number of hydrogen-bond donors (Lipinski definition) is 1. The molecular formula is C19H15ClF3NO4. The third-order valence-corrected chi connectivity index (χ3v) is 3.89. The van der Waals surface area contributed by atoms with Gasteiger partial charge in [-0.2, -0.15) is 0 Å². The van der Waals surface area contributed by atoms with Crippen molar-refractivity contribution < 1.29 is 32.2 Å².